The Kier molecular flexibility index (Phi) is 14.0. The summed E-state index contributed by atoms with van der Waals surface area (Å²) in [6, 6.07) is -3.90. The summed E-state index contributed by atoms with van der Waals surface area (Å²) in [6.07, 6.45) is 7.10. The molecular weight excluding hydrogens is 474 g/mol. The monoisotopic (exact) mass is 513 g/mol. The predicted octanol–water partition coefficient (Wildman–Crippen LogP) is -0.643. The summed E-state index contributed by atoms with van der Waals surface area (Å²) >= 11 is 1.51. The molecular formula is C22H39N7O5S. The molecule has 0 aliphatic heterocycles. The Morgan fingerprint density at radius 3 is 2.26 bits per heavy atom. The summed E-state index contributed by atoms with van der Waals surface area (Å²) in [4.78, 5) is 57.1. The van der Waals surface area contributed by atoms with Gasteiger partial charge in [-0.05, 0) is 43.7 Å². The van der Waals surface area contributed by atoms with Crippen molar-refractivity contribution in [2.24, 2.45) is 17.4 Å². The van der Waals surface area contributed by atoms with E-state index in [0.29, 0.717) is 37.3 Å². The van der Waals surface area contributed by atoms with Crippen molar-refractivity contribution in [1.29, 1.82) is 0 Å². The quantitative estimate of drug-likeness (QED) is 0.132. The molecule has 0 fully saturated rings. The van der Waals surface area contributed by atoms with Gasteiger partial charge in [-0.1, -0.05) is 20.3 Å². The largest absolute Gasteiger partial charge is 0.480 e. The second-order valence-corrected chi connectivity index (χ2v) is 9.63. The third-order valence-corrected chi connectivity index (χ3v) is 6.04. The summed E-state index contributed by atoms with van der Waals surface area (Å²) in [6.45, 7) is 3.85. The zero-order chi connectivity index (χ0) is 26.4. The molecule has 0 aliphatic carbocycles. The number of carbonyl (C=O) groups excluding carboxylic acids is 3. The number of amides is 3. The van der Waals surface area contributed by atoms with Gasteiger partial charge in [0, 0.05) is 18.3 Å². The molecule has 0 bridgehead atoms. The number of nitrogens with two attached hydrogens (primary N) is 2. The second-order valence-electron chi connectivity index (χ2n) is 8.64. The minimum atomic E-state index is -1.17. The van der Waals surface area contributed by atoms with Crippen LogP contribution < -0.4 is 27.4 Å². The minimum Gasteiger partial charge on any atom is -0.480 e. The Labute approximate surface area is 210 Å². The number of aromatic amines is 1. The van der Waals surface area contributed by atoms with E-state index < -0.39 is 47.9 Å². The Balaban J connectivity index is 2.98. The Morgan fingerprint density at radius 2 is 1.71 bits per heavy atom. The lowest BCUT2D eigenvalue weighted by Gasteiger charge is -2.26. The van der Waals surface area contributed by atoms with Gasteiger partial charge in [-0.2, -0.15) is 11.8 Å². The number of unbranched alkanes of at least 4 members (excludes halogenated alkanes) is 1. The van der Waals surface area contributed by atoms with Crippen molar-refractivity contribution >= 4 is 35.5 Å². The Hall–Kier alpha value is -2.64. The van der Waals surface area contributed by atoms with Crippen LogP contribution in [0.25, 0.3) is 0 Å². The fourth-order valence-corrected chi connectivity index (χ4v) is 3.76. The number of imidazole rings is 1. The molecule has 1 heterocycles. The van der Waals surface area contributed by atoms with E-state index >= 15 is 0 Å². The van der Waals surface area contributed by atoms with Crippen LogP contribution >= 0.6 is 11.8 Å². The SMILES string of the molecule is CSCCC(NC(=O)C(N)CCCCN)C(=O)NC(Cc1cnc[nH]1)C(=O)NC(C(=O)O)C(C)C. The fourth-order valence-electron chi connectivity index (χ4n) is 3.29. The van der Waals surface area contributed by atoms with Gasteiger partial charge in [-0.25, -0.2) is 9.78 Å². The number of aromatic nitrogens is 2. The number of carboxylic acids is 1. The molecule has 0 spiro atoms. The molecule has 0 saturated heterocycles. The number of H-pyrrole nitrogens is 1. The topological polar surface area (TPSA) is 205 Å². The molecule has 0 radical (unpaired) electrons. The van der Waals surface area contributed by atoms with E-state index in [1.165, 1.54) is 24.3 Å². The van der Waals surface area contributed by atoms with Crippen LogP contribution in [0.5, 0.6) is 0 Å². The fraction of sp³-hybridized carbons (Fsp3) is 0.682. The number of carboxylic acid groups (broad SMARTS) is 1. The van der Waals surface area contributed by atoms with Crippen LogP contribution in [0, 0.1) is 5.92 Å². The third kappa shape index (κ3) is 11.1. The summed E-state index contributed by atoms with van der Waals surface area (Å²) in [5.74, 6) is -2.61. The smallest absolute Gasteiger partial charge is 0.326 e. The Bertz CT molecular complexity index is 806. The van der Waals surface area contributed by atoms with Gasteiger partial charge in [0.1, 0.15) is 18.1 Å². The molecule has 9 N–H and O–H groups in total. The molecule has 35 heavy (non-hydrogen) atoms. The van der Waals surface area contributed by atoms with Crippen molar-refractivity contribution in [2.45, 2.75) is 70.1 Å². The highest BCUT2D eigenvalue weighted by Crippen LogP contribution is 2.08. The highest BCUT2D eigenvalue weighted by Gasteiger charge is 2.31. The second kappa shape index (κ2) is 16.1. The van der Waals surface area contributed by atoms with Crippen LogP contribution in [0.2, 0.25) is 0 Å². The molecule has 0 aliphatic rings. The van der Waals surface area contributed by atoms with Crippen molar-refractivity contribution < 1.29 is 24.3 Å². The molecule has 0 aromatic carbocycles. The van der Waals surface area contributed by atoms with Gasteiger partial charge in [0.25, 0.3) is 0 Å². The minimum absolute atomic E-state index is 0.0593. The number of thioether (sulfide) groups is 1. The van der Waals surface area contributed by atoms with Crippen molar-refractivity contribution in [3.8, 4) is 0 Å². The van der Waals surface area contributed by atoms with Crippen LogP contribution in [-0.2, 0) is 25.6 Å². The number of hydrogen-bond donors (Lipinski definition) is 7. The normalized spacial score (nSPS) is 14.6. The molecule has 0 saturated carbocycles. The van der Waals surface area contributed by atoms with Gasteiger partial charge < -0.3 is 37.5 Å². The lowest BCUT2D eigenvalue weighted by molar-refractivity contribution is -0.143. The molecule has 1 aromatic heterocycles. The molecule has 4 unspecified atom stereocenters. The van der Waals surface area contributed by atoms with Crippen LogP contribution in [0.3, 0.4) is 0 Å². The van der Waals surface area contributed by atoms with Gasteiger partial charge in [0.2, 0.25) is 17.7 Å². The van der Waals surface area contributed by atoms with E-state index in [1.54, 1.807) is 13.8 Å². The first-order valence-electron chi connectivity index (χ1n) is 11.7. The summed E-state index contributed by atoms with van der Waals surface area (Å²) in [5, 5.41) is 17.3. The number of nitrogens with one attached hydrogen (secondary N) is 4. The zero-order valence-electron chi connectivity index (χ0n) is 20.6. The van der Waals surface area contributed by atoms with Crippen molar-refractivity contribution in [3.63, 3.8) is 0 Å². The van der Waals surface area contributed by atoms with Crippen LogP contribution in [0.15, 0.2) is 12.5 Å². The predicted molar refractivity (Wildman–Crippen MR) is 134 cm³/mol. The van der Waals surface area contributed by atoms with Gasteiger partial charge in [0.05, 0.1) is 12.4 Å². The molecule has 12 nitrogen and oxygen atoms in total. The van der Waals surface area contributed by atoms with Crippen molar-refractivity contribution in [1.82, 2.24) is 25.9 Å². The maximum Gasteiger partial charge on any atom is 0.326 e. The number of rotatable bonds is 17. The summed E-state index contributed by atoms with van der Waals surface area (Å²) < 4.78 is 0. The van der Waals surface area contributed by atoms with E-state index in [4.69, 9.17) is 11.5 Å². The molecule has 4 atom stereocenters. The van der Waals surface area contributed by atoms with E-state index in [-0.39, 0.29) is 12.3 Å². The van der Waals surface area contributed by atoms with Crippen LogP contribution in [0.4, 0.5) is 0 Å². The lowest BCUT2D eigenvalue weighted by Crippen LogP contribution is -2.58. The first-order chi connectivity index (χ1) is 16.6. The van der Waals surface area contributed by atoms with Gasteiger partial charge in [0.15, 0.2) is 0 Å². The average molecular weight is 514 g/mol. The Morgan fingerprint density at radius 1 is 1.06 bits per heavy atom. The number of hydrogen-bond acceptors (Lipinski definition) is 8. The molecule has 1 aromatic rings. The number of aliphatic carboxylic acids is 1. The molecule has 13 heteroatoms. The van der Waals surface area contributed by atoms with E-state index in [2.05, 4.69) is 25.9 Å². The lowest BCUT2D eigenvalue weighted by atomic mass is 10.0. The third-order valence-electron chi connectivity index (χ3n) is 5.39. The zero-order valence-corrected chi connectivity index (χ0v) is 21.4. The van der Waals surface area contributed by atoms with Gasteiger partial charge >= 0.3 is 5.97 Å². The van der Waals surface area contributed by atoms with Crippen molar-refractivity contribution in [2.75, 3.05) is 18.6 Å². The molecule has 1 rings (SSSR count). The van der Waals surface area contributed by atoms with Gasteiger partial charge in [-0.3, -0.25) is 14.4 Å². The van der Waals surface area contributed by atoms with E-state index in [0.717, 1.165) is 6.42 Å². The first-order valence-corrected chi connectivity index (χ1v) is 13.1. The first kappa shape index (κ1) is 30.4. The maximum absolute atomic E-state index is 13.1. The number of nitrogens with zero attached hydrogens (tertiary/aromatic N) is 1. The molecule has 3 amide bonds. The standard InChI is InChI=1S/C22H39N7O5S/c1-13(2)18(22(33)34)29-21(32)17(10-14-11-25-12-26-14)28-20(31)16(7-9-35-3)27-19(30)15(24)6-4-5-8-23/h11-13,15-18H,4-10,23-24H2,1-3H3,(H,25,26)(H,27,30)(H,28,31)(H,29,32)(H,33,34). The highest BCUT2D eigenvalue weighted by molar-refractivity contribution is 7.98. The van der Waals surface area contributed by atoms with E-state index in [9.17, 15) is 24.3 Å². The van der Waals surface area contributed by atoms with Crippen LogP contribution in [0.1, 0.15) is 45.2 Å². The van der Waals surface area contributed by atoms with Crippen LogP contribution in [-0.4, -0.2) is 81.5 Å². The number of carbonyl (C=O) groups is 4. The van der Waals surface area contributed by atoms with E-state index in [1.807, 2.05) is 6.26 Å². The summed E-state index contributed by atoms with van der Waals surface area (Å²) in [7, 11) is 0. The van der Waals surface area contributed by atoms with Gasteiger partial charge in [-0.15, -0.1) is 0 Å². The highest BCUT2D eigenvalue weighted by atomic mass is 32.2. The summed E-state index contributed by atoms with van der Waals surface area (Å²) in [5.41, 5.74) is 12.0. The average Bonchev–Trinajstić information content (AvgIpc) is 3.32. The maximum atomic E-state index is 13.1. The van der Waals surface area contributed by atoms with Crippen molar-refractivity contribution in [3.05, 3.63) is 18.2 Å². The molecule has 198 valence electrons.